The van der Waals surface area contributed by atoms with Gasteiger partial charge in [-0.25, -0.2) is 4.39 Å². The lowest BCUT2D eigenvalue weighted by Crippen LogP contribution is -2.49. The second kappa shape index (κ2) is 5.79. The van der Waals surface area contributed by atoms with Crippen LogP contribution >= 0.6 is 0 Å². The summed E-state index contributed by atoms with van der Waals surface area (Å²) >= 11 is 0. The topological polar surface area (TPSA) is 66.8 Å². The fourth-order valence-electron chi connectivity index (χ4n) is 2.03. The van der Waals surface area contributed by atoms with E-state index in [0.29, 0.717) is 0 Å². The number of aliphatic carboxylic acids is 1. The first kappa shape index (κ1) is 13.5. The number of amides is 1. The summed E-state index contributed by atoms with van der Waals surface area (Å²) in [6.07, 6.45) is -0.160. The third kappa shape index (κ3) is 3.51. The highest BCUT2D eigenvalue weighted by Gasteiger charge is 2.30. The molecule has 6 heteroatoms. The van der Waals surface area contributed by atoms with Crippen molar-refractivity contribution in [1.29, 1.82) is 0 Å². The molecule has 1 fully saturated rings. The van der Waals surface area contributed by atoms with Crippen LogP contribution in [-0.2, 0) is 20.9 Å². The number of carbonyl (C=O) groups is 2. The van der Waals surface area contributed by atoms with E-state index in [1.54, 1.807) is 12.1 Å². The Morgan fingerprint density at radius 1 is 1.42 bits per heavy atom. The fourth-order valence-corrected chi connectivity index (χ4v) is 2.03. The van der Waals surface area contributed by atoms with Crippen molar-refractivity contribution in [2.24, 2.45) is 0 Å². The van der Waals surface area contributed by atoms with Crippen LogP contribution in [0, 0.1) is 5.82 Å². The number of hydrogen-bond acceptors (Lipinski definition) is 3. The molecule has 0 aromatic heterocycles. The molecule has 1 atom stereocenters. The Kier molecular flexibility index (Phi) is 4.11. The van der Waals surface area contributed by atoms with Crippen molar-refractivity contribution in [2.45, 2.75) is 19.0 Å². The second-order valence-electron chi connectivity index (χ2n) is 4.41. The van der Waals surface area contributed by atoms with Gasteiger partial charge in [-0.15, -0.1) is 0 Å². The number of rotatable bonds is 4. The van der Waals surface area contributed by atoms with Crippen LogP contribution in [0.2, 0.25) is 0 Å². The zero-order valence-corrected chi connectivity index (χ0v) is 10.2. The third-order valence-electron chi connectivity index (χ3n) is 2.97. The van der Waals surface area contributed by atoms with Gasteiger partial charge in [-0.1, -0.05) is 12.1 Å². The van der Waals surface area contributed by atoms with Crippen molar-refractivity contribution in [3.8, 4) is 0 Å². The summed E-state index contributed by atoms with van der Waals surface area (Å²) in [7, 11) is 0. The van der Waals surface area contributed by atoms with Gasteiger partial charge in [-0.2, -0.15) is 0 Å². The molecular formula is C13H14FNO4. The van der Waals surface area contributed by atoms with E-state index < -0.39 is 12.0 Å². The van der Waals surface area contributed by atoms with Crippen molar-refractivity contribution in [3.05, 3.63) is 35.6 Å². The Labute approximate surface area is 109 Å². The van der Waals surface area contributed by atoms with Gasteiger partial charge in [0.25, 0.3) is 0 Å². The van der Waals surface area contributed by atoms with Gasteiger partial charge < -0.3 is 14.7 Å². The molecule has 5 nitrogen and oxygen atoms in total. The Morgan fingerprint density at radius 3 is 2.74 bits per heavy atom. The average molecular weight is 267 g/mol. The predicted octanol–water partition coefficient (Wildman–Crippen LogP) is 1.03. The monoisotopic (exact) mass is 267 g/mol. The lowest BCUT2D eigenvalue weighted by atomic mass is 10.1. The van der Waals surface area contributed by atoms with Crippen LogP contribution in [0.1, 0.15) is 12.0 Å². The van der Waals surface area contributed by atoms with Gasteiger partial charge in [-0.05, 0) is 17.7 Å². The minimum atomic E-state index is -0.979. The van der Waals surface area contributed by atoms with E-state index in [4.69, 9.17) is 9.84 Å². The molecule has 2 rings (SSSR count). The van der Waals surface area contributed by atoms with Gasteiger partial charge in [0, 0.05) is 6.54 Å². The summed E-state index contributed by atoms with van der Waals surface area (Å²) in [5, 5.41) is 8.83. The zero-order chi connectivity index (χ0) is 13.8. The highest BCUT2D eigenvalue weighted by atomic mass is 19.1. The number of morpholine rings is 1. The molecular weight excluding hydrogens is 253 g/mol. The molecule has 0 radical (unpaired) electrons. The van der Waals surface area contributed by atoms with Gasteiger partial charge in [0.15, 0.2) is 0 Å². The number of halogens is 1. The first-order chi connectivity index (χ1) is 9.06. The van der Waals surface area contributed by atoms with E-state index in [-0.39, 0.29) is 37.9 Å². The highest BCUT2D eigenvalue weighted by molar-refractivity contribution is 5.79. The van der Waals surface area contributed by atoms with Crippen LogP contribution < -0.4 is 0 Å². The number of nitrogens with zero attached hydrogens (tertiary/aromatic N) is 1. The predicted molar refractivity (Wildman–Crippen MR) is 63.8 cm³/mol. The molecule has 0 bridgehead atoms. The van der Waals surface area contributed by atoms with E-state index in [1.165, 1.54) is 17.0 Å². The molecule has 0 aliphatic carbocycles. The Bertz CT molecular complexity index is 474. The molecule has 1 amide bonds. The molecule has 1 aromatic rings. The first-order valence-electron chi connectivity index (χ1n) is 5.89. The van der Waals surface area contributed by atoms with Gasteiger partial charge in [0.05, 0.1) is 19.1 Å². The molecule has 1 aliphatic heterocycles. The largest absolute Gasteiger partial charge is 0.481 e. The number of carboxylic acid groups (broad SMARTS) is 1. The lowest BCUT2D eigenvalue weighted by Gasteiger charge is -2.34. The first-order valence-corrected chi connectivity index (χ1v) is 5.89. The van der Waals surface area contributed by atoms with Crippen molar-refractivity contribution in [1.82, 2.24) is 4.90 Å². The lowest BCUT2D eigenvalue weighted by molar-refractivity contribution is -0.152. The Balaban J connectivity index is 2.10. The maximum atomic E-state index is 12.8. The molecule has 1 aliphatic rings. The summed E-state index contributed by atoms with van der Waals surface area (Å²) in [5.41, 5.74) is 0.757. The van der Waals surface area contributed by atoms with Crippen molar-refractivity contribution >= 4 is 11.9 Å². The van der Waals surface area contributed by atoms with Crippen LogP contribution in [0.5, 0.6) is 0 Å². The van der Waals surface area contributed by atoms with Crippen LogP contribution in [0.15, 0.2) is 24.3 Å². The van der Waals surface area contributed by atoms with Gasteiger partial charge in [0.2, 0.25) is 5.91 Å². The SMILES string of the molecule is O=C(O)CC1COCC(=O)N1Cc1ccc(F)cc1. The molecule has 1 unspecified atom stereocenters. The maximum absolute atomic E-state index is 12.8. The van der Waals surface area contributed by atoms with Gasteiger partial charge in [0.1, 0.15) is 12.4 Å². The Hall–Kier alpha value is -1.95. The summed E-state index contributed by atoms with van der Waals surface area (Å²) in [6.45, 7) is 0.428. The van der Waals surface area contributed by atoms with Crippen LogP contribution in [0.4, 0.5) is 4.39 Å². The fraction of sp³-hybridized carbons (Fsp3) is 0.385. The van der Waals surface area contributed by atoms with Gasteiger partial charge in [-0.3, -0.25) is 9.59 Å². The standard InChI is InChI=1S/C13H14FNO4/c14-10-3-1-9(2-4-10)6-15-11(5-13(17)18)7-19-8-12(15)16/h1-4,11H,5-8H2,(H,17,18). The van der Waals surface area contributed by atoms with E-state index >= 15 is 0 Å². The molecule has 1 N–H and O–H groups in total. The number of carbonyl (C=O) groups excluding carboxylic acids is 1. The van der Waals surface area contributed by atoms with E-state index in [2.05, 4.69) is 0 Å². The zero-order valence-electron chi connectivity index (χ0n) is 10.2. The van der Waals surface area contributed by atoms with Gasteiger partial charge >= 0.3 is 5.97 Å². The molecule has 1 heterocycles. The summed E-state index contributed by atoms with van der Waals surface area (Å²) < 4.78 is 17.9. The van der Waals surface area contributed by atoms with Crippen LogP contribution in [0.3, 0.4) is 0 Å². The number of ether oxygens (including phenoxy) is 1. The average Bonchev–Trinajstić information content (AvgIpc) is 2.35. The van der Waals surface area contributed by atoms with Crippen LogP contribution in [0.25, 0.3) is 0 Å². The van der Waals surface area contributed by atoms with E-state index in [9.17, 15) is 14.0 Å². The molecule has 1 aromatic carbocycles. The van der Waals surface area contributed by atoms with Crippen molar-refractivity contribution < 1.29 is 23.8 Å². The number of benzene rings is 1. The minimum absolute atomic E-state index is 0.0443. The molecule has 1 saturated heterocycles. The summed E-state index contributed by atoms with van der Waals surface area (Å²) in [4.78, 5) is 24.0. The van der Waals surface area contributed by atoms with E-state index in [1.807, 2.05) is 0 Å². The summed E-state index contributed by atoms with van der Waals surface area (Å²) in [6, 6.07) is 5.30. The van der Waals surface area contributed by atoms with Crippen molar-refractivity contribution in [3.63, 3.8) is 0 Å². The normalized spacial score (nSPS) is 19.5. The minimum Gasteiger partial charge on any atom is -0.481 e. The molecule has 19 heavy (non-hydrogen) atoms. The number of hydrogen-bond donors (Lipinski definition) is 1. The summed E-state index contributed by atoms with van der Waals surface area (Å²) in [5.74, 6) is -1.58. The second-order valence-corrected chi connectivity index (χ2v) is 4.41. The molecule has 0 saturated carbocycles. The van der Waals surface area contributed by atoms with E-state index in [0.717, 1.165) is 5.56 Å². The smallest absolute Gasteiger partial charge is 0.305 e. The van der Waals surface area contributed by atoms with Crippen LogP contribution in [-0.4, -0.2) is 41.1 Å². The number of carboxylic acids is 1. The molecule has 0 spiro atoms. The quantitative estimate of drug-likeness (QED) is 0.884. The van der Waals surface area contributed by atoms with Crippen molar-refractivity contribution in [2.75, 3.05) is 13.2 Å². The molecule has 102 valence electrons. The third-order valence-corrected chi connectivity index (χ3v) is 2.97. The Morgan fingerprint density at radius 2 is 2.11 bits per heavy atom. The maximum Gasteiger partial charge on any atom is 0.305 e. The highest BCUT2D eigenvalue weighted by Crippen LogP contribution is 2.16.